The van der Waals surface area contributed by atoms with Crippen LogP contribution in [0.15, 0.2) is 12.3 Å². The number of aryl methyl sites for hydroxylation is 1. The molecule has 0 saturated carbocycles. The maximum Gasteiger partial charge on any atom is 0.0521 e. The summed E-state index contributed by atoms with van der Waals surface area (Å²) >= 11 is 0. The quantitative estimate of drug-likeness (QED) is 0.829. The van der Waals surface area contributed by atoms with Gasteiger partial charge in [-0.2, -0.15) is 5.10 Å². The zero-order valence-electron chi connectivity index (χ0n) is 10.3. The van der Waals surface area contributed by atoms with Gasteiger partial charge in [0.05, 0.1) is 5.69 Å². The third kappa shape index (κ3) is 2.44. The fourth-order valence-corrected chi connectivity index (χ4v) is 2.52. The summed E-state index contributed by atoms with van der Waals surface area (Å²) in [5, 5.41) is 4.21. The molecular weight excluding hydrogens is 200 g/mol. The summed E-state index contributed by atoms with van der Waals surface area (Å²) in [6.45, 7) is 5.23. The number of nitrogens with zero attached hydrogens (tertiary/aromatic N) is 3. The van der Waals surface area contributed by atoms with Gasteiger partial charge in [-0.05, 0) is 31.4 Å². The van der Waals surface area contributed by atoms with Crippen LogP contribution in [-0.2, 0) is 13.6 Å². The lowest BCUT2D eigenvalue weighted by Gasteiger charge is -2.37. The van der Waals surface area contributed by atoms with E-state index in [0.717, 1.165) is 25.6 Å². The molecule has 0 bridgehead atoms. The average Bonchev–Trinajstić information content (AvgIpc) is 2.67. The van der Waals surface area contributed by atoms with Crippen LogP contribution in [0.4, 0.5) is 0 Å². The van der Waals surface area contributed by atoms with Gasteiger partial charge in [0, 0.05) is 32.4 Å². The van der Waals surface area contributed by atoms with Gasteiger partial charge in [-0.3, -0.25) is 9.58 Å². The molecule has 2 rings (SSSR count). The molecule has 1 saturated heterocycles. The monoisotopic (exact) mass is 222 g/mol. The highest BCUT2D eigenvalue weighted by molar-refractivity contribution is 5.00. The van der Waals surface area contributed by atoms with E-state index in [1.165, 1.54) is 18.5 Å². The summed E-state index contributed by atoms with van der Waals surface area (Å²) in [4.78, 5) is 2.50. The molecule has 4 nitrogen and oxygen atoms in total. The third-order valence-electron chi connectivity index (χ3n) is 3.66. The predicted octanol–water partition coefficient (Wildman–Crippen LogP) is 0.979. The fraction of sp³-hybridized carbons (Fsp3) is 0.750. The van der Waals surface area contributed by atoms with Crippen molar-refractivity contribution in [3.63, 3.8) is 0 Å². The molecule has 1 aromatic heterocycles. The van der Waals surface area contributed by atoms with Crippen LogP contribution in [0, 0.1) is 5.92 Å². The molecule has 2 heterocycles. The van der Waals surface area contributed by atoms with Crippen LogP contribution in [0.25, 0.3) is 0 Å². The minimum Gasteiger partial charge on any atom is -0.329 e. The summed E-state index contributed by atoms with van der Waals surface area (Å²) in [6.07, 6.45) is 4.38. The lowest BCUT2D eigenvalue weighted by atomic mass is 9.92. The van der Waals surface area contributed by atoms with Crippen LogP contribution in [0.1, 0.15) is 25.5 Å². The first-order valence-corrected chi connectivity index (χ1v) is 6.11. The molecule has 0 radical (unpaired) electrons. The summed E-state index contributed by atoms with van der Waals surface area (Å²) in [5.41, 5.74) is 7.13. The molecule has 2 N–H and O–H groups in total. The Morgan fingerprint density at radius 1 is 1.56 bits per heavy atom. The van der Waals surface area contributed by atoms with Crippen molar-refractivity contribution in [2.75, 3.05) is 13.1 Å². The minimum absolute atomic E-state index is 0.540. The van der Waals surface area contributed by atoms with Crippen molar-refractivity contribution in [2.45, 2.75) is 32.4 Å². The first kappa shape index (κ1) is 11.6. The van der Waals surface area contributed by atoms with Crippen LogP contribution < -0.4 is 5.73 Å². The van der Waals surface area contributed by atoms with Crippen molar-refractivity contribution in [1.29, 1.82) is 0 Å². The topological polar surface area (TPSA) is 47.1 Å². The zero-order chi connectivity index (χ0) is 11.5. The van der Waals surface area contributed by atoms with Crippen LogP contribution in [0.5, 0.6) is 0 Å². The van der Waals surface area contributed by atoms with Crippen molar-refractivity contribution in [3.8, 4) is 0 Å². The maximum absolute atomic E-state index is 5.86. The number of piperidine rings is 1. The van der Waals surface area contributed by atoms with Gasteiger partial charge in [-0.25, -0.2) is 0 Å². The van der Waals surface area contributed by atoms with E-state index in [2.05, 4.69) is 23.0 Å². The van der Waals surface area contributed by atoms with Crippen molar-refractivity contribution >= 4 is 0 Å². The average molecular weight is 222 g/mol. The van der Waals surface area contributed by atoms with Gasteiger partial charge < -0.3 is 5.73 Å². The lowest BCUT2D eigenvalue weighted by Crippen LogP contribution is -2.45. The summed E-state index contributed by atoms with van der Waals surface area (Å²) in [5.74, 6) is 0.816. The summed E-state index contributed by atoms with van der Waals surface area (Å²) < 4.78 is 1.95. The number of aromatic nitrogens is 2. The molecule has 1 aliphatic heterocycles. The molecule has 4 heteroatoms. The molecule has 90 valence electrons. The zero-order valence-corrected chi connectivity index (χ0v) is 10.3. The van der Waals surface area contributed by atoms with E-state index >= 15 is 0 Å². The van der Waals surface area contributed by atoms with Crippen molar-refractivity contribution in [3.05, 3.63) is 18.0 Å². The minimum atomic E-state index is 0.540. The van der Waals surface area contributed by atoms with Gasteiger partial charge in [0.15, 0.2) is 0 Å². The lowest BCUT2D eigenvalue weighted by molar-refractivity contribution is 0.112. The summed E-state index contributed by atoms with van der Waals surface area (Å²) in [6, 6.07) is 2.63. The first-order chi connectivity index (χ1) is 7.70. The predicted molar refractivity (Wildman–Crippen MR) is 64.9 cm³/mol. The molecule has 2 unspecified atom stereocenters. The van der Waals surface area contributed by atoms with Crippen LogP contribution in [0.3, 0.4) is 0 Å². The van der Waals surface area contributed by atoms with E-state index < -0.39 is 0 Å². The molecule has 16 heavy (non-hydrogen) atoms. The standard InChI is InChI=1S/C12H22N4/c1-10-4-6-16(12(7-10)8-13)9-11-3-5-14-15(11)2/h3,5,10,12H,4,6-9,13H2,1-2H3. The molecule has 0 amide bonds. The van der Waals surface area contributed by atoms with Gasteiger partial charge >= 0.3 is 0 Å². The van der Waals surface area contributed by atoms with Gasteiger partial charge in [-0.1, -0.05) is 6.92 Å². The molecule has 2 atom stereocenters. The highest BCUT2D eigenvalue weighted by Gasteiger charge is 2.25. The van der Waals surface area contributed by atoms with Gasteiger partial charge in [0.2, 0.25) is 0 Å². The van der Waals surface area contributed by atoms with E-state index in [1.807, 2.05) is 17.9 Å². The number of rotatable bonds is 3. The van der Waals surface area contributed by atoms with Gasteiger partial charge in [-0.15, -0.1) is 0 Å². The second-order valence-electron chi connectivity index (χ2n) is 4.94. The van der Waals surface area contributed by atoms with Crippen LogP contribution >= 0.6 is 0 Å². The highest BCUT2D eigenvalue weighted by Crippen LogP contribution is 2.23. The van der Waals surface area contributed by atoms with Crippen molar-refractivity contribution in [1.82, 2.24) is 14.7 Å². The van der Waals surface area contributed by atoms with Gasteiger partial charge in [0.1, 0.15) is 0 Å². The Hall–Kier alpha value is -0.870. The number of hydrogen-bond acceptors (Lipinski definition) is 3. The number of likely N-dealkylation sites (tertiary alicyclic amines) is 1. The molecule has 1 aliphatic rings. The normalized spacial score (nSPS) is 27.2. The second-order valence-corrected chi connectivity index (χ2v) is 4.94. The second kappa shape index (κ2) is 4.97. The van der Waals surface area contributed by atoms with E-state index in [0.29, 0.717) is 6.04 Å². The maximum atomic E-state index is 5.86. The summed E-state index contributed by atoms with van der Waals surface area (Å²) in [7, 11) is 2.00. The van der Waals surface area contributed by atoms with E-state index in [1.54, 1.807) is 0 Å². The van der Waals surface area contributed by atoms with Crippen molar-refractivity contribution in [2.24, 2.45) is 18.7 Å². The van der Waals surface area contributed by atoms with Gasteiger partial charge in [0.25, 0.3) is 0 Å². The molecule has 0 spiro atoms. The SMILES string of the molecule is CC1CCN(Cc2ccnn2C)C(CN)C1. The van der Waals surface area contributed by atoms with E-state index in [-0.39, 0.29) is 0 Å². The highest BCUT2D eigenvalue weighted by atomic mass is 15.3. The smallest absolute Gasteiger partial charge is 0.0521 e. The number of hydrogen-bond donors (Lipinski definition) is 1. The Balaban J connectivity index is 2.01. The third-order valence-corrected chi connectivity index (χ3v) is 3.66. The van der Waals surface area contributed by atoms with E-state index in [4.69, 9.17) is 5.73 Å². The molecule has 0 aliphatic carbocycles. The Labute approximate surface area is 97.4 Å². The molecular formula is C12H22N4. The Kier molecular flexibility index (Phi) is 3.61. The van der Waals surface area contributed by atoms with Crippen LogP contribution in [0.2, 0.25) is 0 Å². The molecule has 0 aromatic carbocycles. The van der Waals surface area contributed by atoms with Crippen LogP contribution in [-0.4, -0.2) is 33.8 Å². The Morgan fingerprint density at radius 3 is 3.00 bits per heavy atom. The largest absolute Gasteiger partial charge is 0.329 e. The first-order valence-electron chi connectivity index (χ1n) is 6.11. The van der Waals surface area contributed by atoms with E-state index in [9.17, 15) is 0 Å². The molecule has 1 aromatic rings. The fourth-order valence-electron chi connectivity index (χ4n) is 2.52. The van der Waals surface area contributed by atoms with Crippen molar-refractivity contribution < 1.29 is 0 Å². The Morgan fingerprint density at radius 2 is 2.38 bits per heavy atom. The Bertz CT molecular complexity index is 334. The number of nitrogens with two attached hydrogens (primary N) is 1. The molecule has 1 fully saturated rings.